The Labute approximate surface area is 188 Å². The van der Waals surface area contributed by atoms with E-state index in [0.29, 0.717) is 46.9 Å². The number of urea groups is 1. The predicted octanol–water partition coefficient (Wildman–Crippen LogP) is 3.67. The smallest absolute Gasteiger partial charge is 0.322 e. The first-order valence-electron chi connectivity index (χ1n) is 9.70. The number of carbonyl (C=O) groups is 2. The molecule has 0 bridgehead atoms. The molecule has 0 atom stereocenters. The first-order chi connectivity index (χ1) is 15.3. The monoisotopic (exact) mass is 452 g/mol. The van der Waals surface area contributed by atoms with Crippen molar-refractivity contribution in [2.75, 3.05) is 11.9 Å². The molecule has 32 heavy (non-hydrogen) atoms. The van der Waals surface area contributed by atoms with Gasteiger partial charge in [-0.1, -0.05) is 11.6 Å². The number of primary amides is 1. The highest BCUT2D eigenvalue weighted by Gasteiger charge is 2.29. The van der Waals surface area contributed by atoms with Gasteiger partial charge < -0.3 is 16.0 Å². The van der Waals surface area contributed by atoms with Crippen LogP contribution in [0.15, 0.2) is 36.4 Å². The Morgan fingerprint density at radius 2 is 2.03 bits per heavy atom. The number of halogens is 2. The van der Waals surface area contributed by atoms with Crippen molar-refractivity contribution in [1.29, 1.82) is 5.26 Å². The van der Waals surface area contributed by atoms with Crippen LogP contribution in [0.2, 0.25) is 5.02 Å². The maximum atomic E-state index is 13.7. The molecule has 4 rings (SSSR count). The van der Waals surface area contributed by atoms with E-state index in [2.05, 4.69) is 10.4 Å². The SMILES string of the molecule is Cc1cc(-c2nn3c(c2C(N)=O)CN(C(=O)Nc2ccc(C#N)c(Cl)c2)CC3)ccc1F. The van der Waals surface area contributed by atoms with Crippen molar-refractivity contribution < 1.29 is 14.0 Å². The lowest BCUT2D eigenvalue weighted by Crippen LogP contribution is -2.41. The van der Waals surface area contributed by atoms with E-state index in [1.54, 1.807) is 29.8 Å². The summed E-state index contributed by atoms with van der Waals surface area (Å²) in [6, 6.07) is 10.6. The molecular formula is C22H18ClFN6O2. The fourth-order valence-corrected chi connectivity index (χ4v) is 3.85. The maximum absolute atomic E-state index is 13.7. The minimum absolute atomic E-state index is 0.112. The molecule has 162 valence electrons. The molecule has 3 aromatic rings. The topological polar surface area (TPSA) is 117 Å². The van der Waals surface area contributed by atoms with Crippen LogP contribution < -0.4 is 11.1 Å². The predicted molar refractivity (Wildman–Crippen MR) is 116 cm³/mol. The van der Waals surface area contributed by atoms with Gasteiger partial charge >= 0.3 is 6.03 Å². The van der Waals surface area contributed by atoms with Gasteiger partial charge in [0.15, 0.2) is 0 Å². The molecule has 0 saturated carbocycles. The number of amides is 3. The average Bonchev–Trinajstić information content (AvgIpc) is 3.14. The number of nitrogens with two attached hydrogens (primary N) is 1. The van der Waals surface area contributed by atoms with Crippen LogP contribution in [0.3, 0.4) is 0 Å². The normalized spacial score (nSPS) is 12.8. The lowest BCUT2D eigenvalue weighted by atomic mass is 10.0. The summed E-state index contributed by atoms with van der Waals surface area (Å²) in [7, 11) is 0. The van der Waals surface area contributed by atoms with E-state index < -0.39 is 11.9 Å². The standard InChI is InChI=1S/C22H18ClFN6O2/c1-12-8-13(3-5-17(12)24)20-19(21(26)31)18-11-29(6-7-30(18)28-20)22(32)27-15-4-2-14(10-25)16(23)9-15/h2-5,8-9H,6-7,11H2,1H3,(H2,26,31)(H,27,32). The van der Waals surface area contributed by atoms with Crippen molar-refractivity contribution in [3.05, 3.63) is 69.6 Å². The third kappa shape index (κ3) is 3.88. The second-order valence-corrected chi connectivity index (χ2v) is 7.79. The van der Waals surface area contributed by atoms with E-state index in [1.165, 1.54) is 23.1 Å². The lowest BCUT2D eigenvalue weighted by molar-refractivity contribution is 0.0997. The summed E-state index contributed by atoms with van der Waals surface area (Å²) in [6.45, 7) is 2.45. The number of rotatable bonds is 3. The number of nitriles is 1. The molecule has 3 amide bonds. The number of aryl methyl sites for hydroxylation is 1. The average molecular weight is 453 g/mol. The number of hydrogen-bond donors (Lipinski definition) is 2. The minimum Gasteiger partial charge on any atom is -0.365 e. The number of carbonyl (C=O) groups excluding carboxylic acids is 2. The molecule has 2 aromatic carbocycles. The Bertz CT molecular complexity index is 1300. The largest absolute Gasteiger partial charge is 0.365 e. The van der Waals surface area contributed by atoms with E-state index in [-0.39, 0.29) is 22.9 Å². The van der Waals surface area contributed by atoms with Gasteiger partial charge in [0.05, 0.1) is 34.9 Å². The highest BCUT2D eigenvalue weighted by molar-refractivity contribution is 6.32. The van der Waals surface area contributed by atoms with Gasteiger partial charge in [0.2, 0.25) is 0 Å². The van der Waals surface area contributed by atoms with Crippen LogP contribution in [0.5, 0.6) is 0 Å². The van der Waals surface area contributed by atoms with Crippen LogP contribution in [0.1, 0.15) is 27.2 Å². The van der Waals surface area contributed by atoms with E-state index in [9.17, 15) is 14.0 Å². The van der Waals surface area contributed by atoms with Crippen molar-refractivity contribution in [2.24, 2.45) is 5.73 Å². The van der Waals surface area contributed by atoms with Gasteiger partial charge in [-0.05, 0) is 48.9 Å². The van der Waals surface area contributed by atoms with Crippen LogP contribution in [0, 0.1) is 24.1 Å². The Kier molecular flexibility index (Phi) is 5.55. The molecule has 1 aromatic heterocycles. The zero-order valence-corrected chi connectivity index (χ0v) is 17.8. The van der Waals surface area contributed by atoms with Crippen molar-refractivity contribution in [1.82, 2.24) is 14.7 Å². The Morgan fingerprint density at radius 1 is 1.25 bits per heavy atom. The van der Waals surface area contributed by atoms with E-state index in [0.717, 1.165) is 0 Å². The number of anilines is 1. The number of nitrogens with one attached hydrogen (secondary N) is 1. The number of nitrogens with zero attached hydrogens (tertiary/aromatic N) is 4. The van der Waals surface area contributed by atoms with Crippen molar-refractivity contribution in [2.45, 2.75) is 20.0 Å². The Hall–Kier alpha value is -3.90. The van der Waals surface area contributed by atoms with E-state index >= 15 is 0 Å². The molecule has 8 nitrogen and oxygen atoms in total. The molecule has 3 N–H and O–H groups in total. The second kappa shape index (κ2) is 8.32. The molecular weight excluding hydrogens is 435 g/mol. The van der Waals surface area contributed by atoms with Crippen LogP contribution in [-0.2, 0) is 13.1 Å². The minimum atomic E-state index is -0.677. The van der Waals surface area contributed by atoms with E-state index in [4.69, 9.17) is 22.6 Å². The van der Waals surface area contributed by atoms with Gasteiger partial charge in [-0.25, -0.2) is 9.18 Å². The summed E-state index contributed by atoms with van der Waals surface area (Å²) in [5.74, 6) is -1.03. The van der Waals surface area contributed by atoms with Gasteiger partial charge in [0.25, 0.3) is 5.91 Å². The van der Waals surface area contributed by atoms with Gasteiger partial charge in [0.1, 0.15) is 17.6 Å². The van der Waals surface area contributed by atoms with Gasteiger partial charge in [-0.15, -0.1) is 0 Å². The Morgan fingerprint density at radius 3 is 2.69 bits per heavy atom. The molecule has 2 heterocycles. The molecule has 0 aliphatic carbocycles. The zero-order valence-electron chi connectivity index (χ0n) is 17.0. The van der Waals surface area contributed by atoms with Crippen LogP contribution in [0.25, 0.3) is 11.3 Å². The molecule has 10 heteroatoms. The van der Waals surface area contributed by atoms with Crippen molar-refractivity contribution >= 4 is 29.2 Å². The van der Waals surface area contributed by atoms with E-state index in [1.807, 2.05) is 6.07 Å². The first kappa shape index (κ1) is 21.3. The lowest BCUT2D eigenvalue weighted by Gasteiger charge is -2.28. The summed E-state index contributed by atoms with van der Waals surface area (Å²) in [4.78, 5) is 26.6. The quantitative estimate of drug-likeness (QED) is 0.630. The highest BCUT2D eigenvalue weighted by atomic mass is 35.5. The Balaban J connectivity index is 1.61. The summed E-state index contributed by atoms with van der Waals surface area (Å²) >= 11 is 6.03. The first-order valence-corrected chi connectivity index (χ1v) is 10.1. The number of benzene rings is 2. The molecule has 1 aliphatic rings. The van der Waals surface area contributed by atoms with Crippen LogP contribution in [-0.4, -0.2) is 33.2 Å². The van der Waals surface area contributed by atoms with Gasteiger partial charge in [-0.3, -0.25) is 9.48 Å². The third-order valence-electron chi connectivity index (χ3n) is 5.29. The summed E-state index contributed by atoms with van der Waals surface area (Å²) in [5.41, 5.74) is 8.46. The van der Waals surface area contributed by atoms with Crippen LogP contribution >= 0.6 is 11.6 Å². The number of hydrogen-bond acceptors (Lipinski definition) is 4. The summed E-state index contributed by atoms with van der Waals surface area (Å²) in [5, 5.41) is 16.5. The molecule has 0 unspecified atom stereocenters. The van der Waals surface area contributed by atoms with Crippen molar-refractivity contribution in [3.8, 4) is 17.3 Å². The fourth-order valence-electron chi connectivity index (χ4n) is 3.63. The summed E-state index contributed by atoms with van der Waals surface area (Å²) in [6.07, 6.45) is 0. The third-order valence-corrected chi connectivity index (χ3v) is 5.60. The molecule has 0 spiro atoms. The fraction of sp³-hybridized carbons (Fsp3) is 0.182. The van der Waals surface area contributed by atoms with Gasteiger partial charge in [-0.2, -0.15) is 10.4 Å². The summed E-state index contributed by atoms with van der Waals surface area (Å²) < 4.78 is 15.3. The molecule has 0 saturated heterocycles. The molecule has 0 fully saturated rings. The molecule has 1 aliphatic heterocycles. The molecule has 0 radical (unpaired) electrons. The maximum Gasteiger partial charge on any atom is 0.322 e. The van der Waals surface area contributed by atoms with Gasteiger partial charge in [0, 0.05) is 17.8 Å². The van der Waals surface area contributed by atoms with Crippen LogP contribution in [0.4, 0.5) is 14.9 Å². The van der Waals surface area contributed by atoms with Crippen molar-refractivity contribution in [3.63, 3.8) is 0 Å². The second-order valence-electron chi connectivity index (χ2n) is 7.38. The highest BCUT2D eigenvalue weighted by Crippen LogP contribution is 2.29. The number of fused-ring (bicyclic) bond motifs is 1. The number of aromatic nitrogens is 2. The zero-order chi connectivity index (χ0) is 23.0.